The van der Waals surface area contributed by atoms with Crippen LogP contribution < -0.4 is 5.73 Å². The first-order valence-electron chi connectivity index (χ1n) is 6.83. The van der Waals surface area contributed by atoms with Gasteiger partial charge in [-0.1, -0.05) is 52.3 Å². The zero-order valence-electron chi connectivity index (χ0n) is 11.5. The van der Waals surface area contributed by atoms with Gasteiger partial charge in [-0.25, -0.2) is 4.68 Å². The Bertz CT molecular complexity index is 722. The third kappa shape index (κ3) is 3.23. The molecule has 0 aliphatic carbocycles. The zero-order chi connectivity index (χ0) is 14.7. The molecule has 0 aliphatic rings. The summed E-state index contributed by atoms with van der Waals surface area (Å²) in [5.41, 5.74) is 9.59. The second-order valence-corrected chi connectivity index (χ2v) is 5.81. The Kier molecular flexibility index (Phi) is 4.18. The van der Waals surface area contributed by atoms with Crippen molar-refractivity contribution in [3.8, 4) is 5.69 Å². The van der Waals surface area contributed by atoms with E-state index in [9.17, 15) is 0 Å². The number of halogens is 1. The summed E-state index contributed by atoms with van der Waals surface area (Å²) >= 11 is 3.56. The van der Waals surface area contributed by atoms with Crippen LogP contribution >= 0.6 is 15.9 Å². The highest BCUT2D eigenvalue weighted by Crippen LogP contribution is 2.22. The SMILES string of the molecule is NC(Cc1ccccc1Br)c1cnn(-c2ccccc2)c1. The first-order chi connectivity index (χ1) is 10.2. The Morgan fingerprint density at radius 3 is 2.52 bits per heavy atom. The van der Waals surface area contributed by atoms with E-state index in [1.54, 1.807) is 0 Å². The van der Waals surface area contributed by atoms with Crippen LogP contribution in [-0.4, -0.2) is 9.78 Å². The lowest BCUT2D eigenvalue weighted by atomic mass is 10.0. The van der Waals surface area contributed by atoms with Crippen molar-refractivity contribution in [2.75, 3.05) is 0 Å². The van der Waals surface area contributed by atoms with Crippen molar-refractivity contribution >= 4 is 15.9 Å². The predicted octanol–water partition coefficient (Wildman–Crippen LogP) is 3.88. The normalized spacial score (nSPS) is 12.3. The third-order valence-electron chi connectivity index (χ3n) is 3.45. The van der Waals surface area contributed by atoms with Crippen LogP contribution in [0.3, 0.4) is 0 Å². The molecule has 2 N–H and O–H groups in total. The minimum atomic E-state index is -0.0684. The molecule has 1 aromatic heterocycles. The average Bonchev–Trinajstić information content (AvgIpc) is 3.00. The molecule has 0 saturated carbocycles. The minimum absolute atomic E-state index is 0.0684. The number of nitrogens with two attached hydrogens (primary N) is 1. The maximum Gasteiger partial charge on any atom is 0.0645 e. The second kappa shape index (κ2) is 6.24. The van der Waals surface area contributed by atoms with Crippen LogP contribution in [0, 0.1) is 0 Å². The maximum absolute atomic E-state index is 6.31. The molecule has 3 nitrogen and oxygen atoms in total. The van der Waals surface area contributed by atoms with E-state index in [2.05, 4.69) is 27.1 Å². The topological polar surface area (TPSA) is 43.8 Å². The molecule has 3 rings (SSSR count). The highest BCUT2D eigenvalue weighted by molar-refractivity contribution is 9.10. The molecule has 2 aromatic carbocycles. The monoisotopic (exact) mass is 341 g/mol. The first-order valence-corrected chi connectivity index (χ1v) is 7.62. The molecule has 0 fully saturated rings. The fourth-order valence-electron chi connectivity index (χ4n) is 2.27. The summed E-state index contributed by atoms with van der Waals surface area (Å²) in [6, 6.07) is 18.1. The Balaban J connectivity index is 1.79. The molecule has 3 aromatic rings. The van der Waals surface area contributed by atoms with Gasteiger partial charge in [-0.15, -0.1) is 0 Å². The molecule has 21 heavy (non-hydrogen) atoms. The predicted molar refractivity (Wildman–Crippen MR) is 88.3 cm³/mol. The van der Waals surface area contributed by atoms with Crippen molar-refractivity contribution in [1.82, 2.24) is 9.78 Å². The molecule has 1 unspecified atom stereocenters. The van der Waals surface area contributed by atoms with Gasteiger partial charge >= 0.3 is 0 Å². The molecule has 0 amide bonds. The standard InChI is InChI=1S/C17H16BrN3/c18-16-9-5-4-6-13(16)10-17(19)14-11-20-21(12-14)15-7-2-1-3-8-15/h1-9,11-12,17H,10,19H2. The largest absolute Gasteiger partial charge is 0.324 e. The number of hydrogen-bond donors (Lipinski definition) is 1. The smallest absolute Gasteiger partial charge is 0.0645 e. The maximum atomic E-state index is 6.31. The minimum Gasteiger partial charge on any atom is -0.324 e. The summed E-state index contributed by atoms with van der Waals surface area (Å²) in [5.74, 6) is 0. The Morgan fingerprint density at radius 2 is 1.76 bits per heavy atom. The molecule has 0 bridgehead atoms. The van der Waals surface area contributed by atoms with E-state index in [1.807, 2.05) is 65.6 Å². The fourth-order valence-corrected chi connectivity index (χ4v) is 2.72. The lowest BCUT2D eigenvalue weighted by molar-refractivity contribution is 0.719. The number of nitrogens with zero attached hydrogens (tertiary/aromatic N) is 2. The van der Waals surface area contributed by atoms with E-state index in [0.29, 0.717) is 0 Å². The van der Waals surface area contributed by atoms with Crippen molar-refractivity contribution < 1.29 is 0 Å². The summed E-state index contributed by atoms with van der Waals surface area (Å²) in [6.07, 6.45) is 4.62. The van der Waals surface area contributed by atoms with E-state index in [-0.39, 0.29) is 6.04 Å². The van der Waals surface area contributed by atoms with Gasteiger partial charge in [0, 0.05) is 22.3 Å². The lowest BCUT2D eigenvalue weighted by Crippen LogP contribution is -2.13. The van der Waals surface area contributed by atoms with Gasteiger partial charge in [-0.05, 0) is 30.2 Å². The molecule has 0 saturated heterocycles. The molecule has 106 valence electrons. The van der Waals surface area contributed by atoms with Crippen LogP contribution in [0.5, 0.6) is 0 Å². The van der Waals surface area contributed by atoms with E-state index >= 15 is 0 Å². The zero-order valence-corrected chi connectivity index (χ0v) is 13.1. The summed E-state index contributed by atoms with van der Waals surface area (Å²) in [6.45, 7) is 0. The molecule has 1 heterocycles. The molecule has 1 atom stereocenters. The first kappa shape index (κ1) is 14.0. The lowest BCUT2D eigenvalue weighted by Gasteiger charge is -2.10. The molecule has 0 aliphatic heterocycles. The van der Waals surface area contributed by atoms with Gasteiger partial charge in [-0.2, -0.15) is 5.10 Å². The van der Waals surface area contributed by atoms with Crippen LogP contribution in [-0.2, 0) is 6.42 Å². The van der Waals surface area contributed by atoms with Crippen molar-refractivity contribution in [2.24, 2.45) is 5.73 Å². The van der Waals surface area contributed by atoms with Crippen LogP contribution in [0.1, 0.15) is 17.2 Å². The molecule has 4 heteroatoms. The van der Waals surface area contributed by atoms with E-state index in [4.69, 9.17) is 5.73 Å². The number of hydrogen-bond acceptors (Lipinski definition) is 2. The van der Waals surface area contributed by atoms with Gasteiger partial charge in [-0.3, -0.25) is 0 Å². The van der Waals surface area contributed by atoms with Gasteiger partial charge in [0.05, 0.1) is 11.9 Å². The number of rotatable bonds is 4. The Morgan fingerprint density at radius 1 is 1.05 bits per heavy atom. The van der Waals surface area contributed by atoms with E-state index in [1.165, 1.54) is 5.56 Å². The number of benzene rings is 2. The van der Waals surface area contributed by atoms with Crippen LogP contribution in [0.4, 0.5) is 0 Å². The molecular formula is C17H16BrN3. The third-order valence-corrected chi connectivity index (χ3v) is 4.22. The van der Waals surface area contributed by atoms with Gasteiger partial charge in [0.2, 0.25) is 0 Å². The molecule has 0 radical (unpaired) electrons. The summed E-state index contributed by atoms with van der Waals surface area (Å²) in [4.78, 5) is 0. The summed E-state index contributed by atoms with van der Waals surface area (Å²) < 4.78 is 2.95. The fraction of sp³-hybridized carbons (Fsp3) is 0.118. The quantitative estimate of drug-likeness (QED) is 0.782. The number of para-hydroxylation sites is 1. The summed E-state index contributed by atoms with van der Waals surface area (Å²) in [7, 11) is 0. The van der Waals surface area contributed by atoms with Crippen molar-refractivity contribution in [3.05, 3.63) is 82.6 Å². The van der Waals surface area contributed by atoms with Gasteiger partial charge in [0.15, 0.2) is 0 Å². The summed E-state index contributed by atoms with van der Waals surface area (Å²) in [5, 5.41) is 4.40. The Hall–Kier alpha value is -1.91. The van der Waals surface area contributed by atoms with Crippen molar-refractivity contribution in [3.63, 3.8) is 0 Å². The van der Waals surface area contributed by atoms with Gasteiger partial charge in [0.25, 0.3) is 0 Å². The van der Waals surface area contributed by atoms with Crippen LogP contribution in [0.25, 0.3) is 5.69 Å². The highest BCUT2D eigenvalue weighted by Gasteiger charge is 2.11. The molecule has 0 spiro atoms. The van der Waals surface area contributed by atoms with Crippen molar-refractivity contribution in [2.45, 2.75) is 12.5 Å². The van der Waals surface area contributed by atoms with Crippen molar-refractivity contribution in [1.29, 1.82) is 0 Å². The Labute approximate surface area is 132 Å². The van der Waals surface area contributed by atoms with Gasteiger partial charge in [0.1, 0.15) is 0 Å². The van der Waals surface area contributed by atoms with Crippen LogP contribution in [0.15, 0.2) is 71.5 Å². The highest BCUT2D eigenvalue weighted by atomic mass is 79.9. The molecular weight excluding hydrogens is 326 g/mol. The van der Waals surface area contributed by atoms with Crippen LogP contribution in [0.2, 0.25) is 0 Å². The number of aromatic nitrogens is 2. The second-order valence-electron chi connectivity index (χ2n) is 4.96. The van der Waals surface area contributed by atoms with Gasteiger partial charge < -0.3 is 5.73 Å². The van der Waals surface area contributed by atoms with E-state index < -0.39 is 0 Å². The van der Waals surface area contributed by atoms with E-state index in [0.717, 1.165) is 22.1 Å². The average molecular weight is 342 g/mol.